The van der Waals surface area contributed by atoms with Gasteiger partial charge in [0.15, 0.2) is 12.1 Å². The lowest BCUT2D eigenvalue weighted by molar-refractivity contribution is -0.277. The van der Waals surface area contributed by atoms with Gasteiger partial charge >= 0.3 is 5.97 Å². The van der Waals surface area contributed by atoms with Gasteiger partial charge in [0.2, 0.25) is 0 Å². The van der Waals surface area contributed by atoms with Crippen molar-refractivity contribution in [1.29, 1.82) is 0 Å². The minimum Gasteiger partial charge on any atom is -0.459 e. The van der Waals surface area contributed by atoms with E-state index in [-0.39, 0.29) is 60.4 Å². The number of carbonyl (C=O) groups is 2. The predicted octanol–water partition coefficient (Wildman–Crippen LogP) is 2.49. The van der Waals surface area contributed by atoms with E-state index in [2.05, 4.69) is 0 Å². The van der Waals surface area contributed by atoms with E-state index in [9.17, 15) is 19.8 Å². The zero-order chi connectivity index (χ0) is 28.1. The van der Waals surface area contributed by atoms with E-state index < -0.39 is 30.6 Å². The second-order valence-electron chi connectivity index (χ2n) is 11.6. The van der Waals surface area contributed by atoms with Gasteiger partial charge in [-0.25, -0.2) is 4.79 Å². The van der Waals surface area contributed by atoms with Gasteiger partial charge in [-0.05, 0) is 58.4 Å². The smallest absolute Gasteiger partial charge is 0.330 e. The number of epoxide rings is 1. The molecule has 9 heteroatoms. The average Bonchev–Trinajstić information content (AvgIpc) is 3.63. The topological polar surface area (TPSA) is 118 Å². The highest BCUT2D eigenvalue weighted by molar-refractivity contribution is 5.91. The van der Waals surface area contributed by atoms with Crippen LogP contribution in [0.15, 0.2) is 24.3 Å². The Hall–Kier alpha value is -1.62. The molecule has 9 nitrogen and oxygen atoms in total. The predicted molar refractivity (Wildman–Crippen MR) is 142 cm³/mol. The Balaban J connectivity index is 1.86. The summed E-state index contributed by atoms with van der Waals surface area (Å²) in [5.41, 5.74) is 0. The van der Waals surface area contributed by atoms with Crippen LogP contribution in [0.3, 0.4) is 0 Å². The van der Waals surface area contributed by atoms with Gasteiger partial charge < -0.3 is 34.1 Å². The Labute approximate surface area is 227 Å². The second kappa shape index (κ2) is 13.6. The van der Waals surface area contributed by atoms with E-state index in [1.807, 2.05) is 53.6 Å². The van der Waals surface area contributed by atoms with E-state index >= 15 is 0 Å². The Morgan fingerprint density at radius 2 is 1.76 bits per heavy atom. The lowest BCUT2D eigenvalue weighted by Crippen LogP contribution is -2.55. The number of aliphatic hydroxyl groups excluding tert-OH is 2. The average molecular weight is 538 g/mol. The van der Waals surface area contributed by atoms with Crippen LogP contribution in [0.1, 0.15) is 53.9 Å². The minimum absolute atomic E-state index is 0.00518. The number of nitrogens with zero attached hydrogens (tertiary/aromatic N) is 1. The Morgan fingerprint density at radius 1 is 1.05 bits per heavy atom. The summed E-state index contributed by atoms with van der Waals surface area (Å²) >= 11 is 0. The molecule has 3 aliphatic rings. The van der Waals surface area contributed by atoms with E-state index in [1.54, 1.807) is 18.2 Å². The summed E-state index contributed by atoms with van der Waals surface area (Å²) in [6, 6.07) is -0.115. The summed E-state index contributed by atoms with van der Waals surface area (Å²) < 4.78 is 23.9. The van der Waals surface area contributed by atoms with Gasteiger partial charge in [-0.15, -0.1) is 0 Å². The normalized spacial score (nSPS) is 44.8. The number of allylic oxidation sites excluding steroid dienone is 1. The van der Waals surface area contributed by atoms with Crippen molar-refractivity contribution in [2.75, 3.05) is 20.7 Å². The van der Waals surface area contributed by atoms with Gasteiger partial charge in [0, 0.05) is 29.9 Å². The summed E-state index contributed by atoms with van der Waals surface area (Å²) in [7, 11) is 3.85. The maximum Gasteiger partial charge on any atom is 0.330 e. The summed E-state index contributed by atoms with van der Waals surface area (Å²) in [6.07, 6.45) is 4.92. The fourth-order valence-electron chi connectivity index (χ4n) is 5.82. The van der Waals surface area contributed by atoms with Crippen molar-refractivity contribution >= 4 is 11.8 Å². The molecule has 2 fully saturated rings. The van der Waals surface area contributed by atoms with Gasteiger partial charge in [0.25, 0.3) is 0 Å². The van der Waals surface area contributed by atoms with Crippen LogP contribution in [0.5, 0.6) is 0 Å². The van der Waals surface area contributed by atoms with Crippen molar-refractivity contribution in [3.63, 3.8) is 0 Å². The summed E-state index contributed by atoms with van der Waals surface area (Å²) in [5.74, 6) is -1.46. The van der Waals surface area contributed by atoms with Crippen LogP contribution in [0, 0.1) is 23.7 Å². The van der Waals surface area contributed by atoms with Gasteiger partial charge in [0.05, 0.1) is 24.9 Å². The van der Waals surface area contributed by atoms with Crippen LogP contribution in [0.2, 0.25) is 0 Å². The number of ether oxygens (including phenoxy) is 4. The van der Waals surface area contributed by atoms with Crippen LogP contribution in [-0.4, -0.2) is 96.5 Å². The lowest BCUT2D eigenvalue weighted by Gasteiger charge is -2.43. The number of hydrogen-bond acceptors (Lipinski definition) is 9. The van der Waals surface area contributed by atoms with Crippen molar-refractivity contribution in [3.8, 4) is 0 Å². The molecule has 0 aromatic heterocycles. The van der Waals surface area contributed by atoms with Crippen LogP contribution < -0.4 is 0 Å². The van der Waals surface area contributed by atoms with Gasteiger partial charge in [-0.3, -0.25) is 4.79 Å². The van der Waals surface area contributed by atoms with Gasteiger partial charge in [-0.2, -0.15) is 0 Å². The summed E-state index contributed by atoms with van der Waals surface area (Å²) in [5, 5.41) is 21.0. The molecule has 3 rings (SSSR count). The molecule has 12 atom stereocenters. The number of ketones is 1. The standard InChI is InChI=1S/C29H47NO8/c1-8-23-20(15-31)28-24(37-28)11-10-22(32)17(3)13-18(4)27(16(2)9-12-25(33)36-23)38-29-26(34)21(30(6)7)14-19(5)35-29/h9-12,16-21,23-24,26-29,31,34H,8,13-15H2,1-7H3/b11-10-,12-9-/t16-,17+,18-,19?,20+,21-,23?,24+,26+,27+,28-,29-/m0/s1. The molecule has 2 saturated heterocycles. The van der Waals surface area contributed by atoms with E-state index in [4.69, 9.17) is 18.9 Å². The Morgan fingerprint density at radius 3 is 2.39 bits per heavy atom. The first-order chi connectivity index (χ1) is 18.0. The van der Waals surface area contributed by atoms with Crippen LogP contribution >= 0.6 is 0 Å². The second-order valence-corrected chi connectivity index (χ2v) is 11.6. The summed E-state index contributed by atoms with van der Waals surface area (Å²) in [6.45, 7) is 9.53. The van der Waals surface area contributed by atoms with Crippen molar-refractivity contribution in [2.45, 2.75) is 103 Å². The third-order valence-corrected chi connectivity index (χ3v) is 8.19. The molecule has 0 spiro atoms. The fourth-order valence-corrected chi connectivity index (χ4v) is 5.82. The monoisotopic (exact) mass is 537 g/mol. The van der Waals surface area contributed by atoms with E-state index in [0.29, 0.717) is 19.3 Å². The maximum atomic E-state index is 12.9. The SMILES string of the molecule is CCC1OC(=O)/C=C\[C@H](C)[C@@H](O[C@@H]2OC(C)C[C@H](N(C)C)[C@H]2O)[C@@H](C)C[C@@H](C)C(=O)/C=C\[C@H]2O[C@H]2[C@@H]1CO. The maximum absolute atomic E-state index is 12.9. The zero-order valence-corrected chi connectivity index (χ0v) is 23.9. The number of cyclic esters (lactones) is 1. The molecule has 38 heavy (non-hydrogen) atoms. The quantitative estimate of drug-likeness (QED) is 0.403. The van der Waals surface area contributed by atoms with Crippen LogP contribution in [0.4, 0.5) is 0 Å². The Bertz CT molecular complexity index is 860. The number of likely N-dealkylation sites (N-methyl/N-ethyl adjacent to an activating group) is 1. The lowest BCUT2D eigenvalue weighted by atomic mass is 9.84. The molecule has 0 saturated carbocycles. The van der Waals surface area contributed by atoms with Crippen molar-refractivity contribution in [2.24, 2.45) is 23.7 Å². The van der Waals surface area contributed by atoms with Gasteiger partial charge in [0.1, 0.15) is 18.3 Å². The molecule has 0 radical (unpaired) electrons. The zero-order valence-electron chi connectivity index (χ0n) is 23.9. The van der Waals surface area contributed by atoms with E-state index in [1.165, 1.54) is 6.08 Å². The molecule has 2 N–H and O–H groups in total. The molecule has 3 heterocycles. The Kier molecular flexibility index (Phi) is 11.1. The first-order valence-corrected chi connectivity index (χ1v) is 14.0. The third-order valence-electron chi connectivity index (χ3n) is 8.19. The molecule has 0 aromatic carbocycles. The molecule has 216 valence electrons. The van der Waals surface area contributed by atoms with Crippen LogP contribution in [0.25, 0.3) is 0 Å². The molecular formula is C29H47NO8. The summed E-state index contributed by atoms with van der Waals surface area (Å²) in [4.78, 5) is 27.7. The molecule has 2 unspecified atom stereocenters. The minimum atomic E-state index is -0.843. The van der Waals surface area contributed by atoms with Crippen LogP contribution in [-0.2, 0) is 28.5 Å². The molecule has 0 aromatic rings. The number of hydrogen-bond donors (Lipinski definition) is 2. The highest BCUT2D eigenvalue weighted by Crippen LogP contribution is 2.35. The highest BCUT2D eigenvalue weighted by atomic mass is 16.7. The molecule has 0 amide bonds. The van der Waals surface area contributed by atoms with Gasteiger partial charge in [-0.1, -0.05) is 33.8 Å². The van der Waals surface area contributed by atoms with Crippen molar-refractivity contribution < 1.29 is 38.7 Å². The van der Waals surface area contributed by atoms with Crippen molar-refractivity contribution in [3.05, 3.63) is 24.3 Å². The first kappa shape index (κ1) is 30.9. The number of aliphatic hydroxyl groups is 2. The highest BCUT2D eigenvalue weighted by Gasteiger charge is 2.47. The number of fused-ring (bicyclic) bond motifs is 1. The van der Waals surface area contributed by atoms with Crippen molar-refractivity contribution in [1.82, 2.24) is 4.90 Å². The molecule has 0 aliphatic carbocycles. The fraction of sp³-hybridized carbons (Fsp3) is 0.793. The van der Waals surface area contributed by atoms with E-state index in [0.717, 1.165) is 0 Å². The molecule has 3 aliphatic heterocycles. The first-order valence-electron chi connectivity index (χ1n) is 14.0. The third kappa shape index (κ3) is 7.73. The largest absolute Gasteiger partial charge is 0.459 e. The number of esters is 1. The molecule has 0 bridgehead atoms. The number of carbonyl (C=O) groups excluding carboxylic acids is 2. The molecular weight excluding hydrogens is 490 g/mol. The number of rotatable bonds is 5.